The highest BCUT2D eigenvalue weighted by molar-refractivity contribution is 6.34. The molecular weight excluding hydrogens is 309 g/mol. The molecule has 0 fully saturated rings. The number of anilines is 1. The second-order valence-electron chi connectivity index (χ2n) is 4.55. The van der Waals surface area contributed by atoms with Gasteiger partial charge >= 0.3 is 0 Å². The molecule has 3 aromatic rings. The van der Waals surface area contributed by atoms with Crippen molar-refractivity contribution in [1.82, 2.24) is 20.2 Å². The van der Waals surface area contributed by atoms with E-state index in [2.05, 4.69) is 15.5 Å². The minimum atomic E-state index is 0.499. The Bertz CT molecular complexity index is 796. The van der Waals surface area contributed by atoms with Crippen molar-refractivity contribution in [2.24, 2.45) is 0 Å². The second-order valence-corrected chi connectivity index (χ2v) is 5.39. The van der Waals surface area contributed by atoms with Gasteiger partial charge in [0.1, 0.15) is 0 Å². The van der Waals surface area contributed by atoms with E-state index in [1.165, 1.54) is 4.68 Å². The van der Waals surface area contributed by atoms with Crippen LogP contribution in [0.1, 0.15) is 5.56 Å². The summed E-state index contributed by atoms with van der Waals surface area (Å²) in [6, 6.07) is 10.8. The lowest BCUT2D eigenvalue weighted by molar-refractivity contribution is 0.791. The number of hydrogen-bond donors (Lipinski definition) is 1. The van der Waals surface area contributed by atoms with Crippen LogP contribution in [0.2, 0.25) is 10.0 Å². The number of rotatable bonds is 2. The van der Waals surface area contributed by atoms with Gasteiger partial charge in [-0.2, -0.15) is 4.68 Å². The number of nitrogens with two attached hydrogens (primary N) is 1. The molecule has 0 saturated carbocycles. The summed E-state index contributed by atoms with van der Waals surface area (Å²) in [6.45, 7) is 1.93. The van der Waals surface area contributed by atoms with Crippen LogP contribution < -0.4 is 5.73 Å². The third-order valence-corrected chi connectivity index (χ3v) is 3.73. The molecule has 1 heterocycles. The first kappa shape index (κ1) is 13.9. The fraction of sp³-hybridized carbons (Fsp3) is 0.0714. The minimum absolute atomic E-state index is 0.499. The van der Waals surface area contributed by atoms with Gasteiger partial charge in [-0.3, -0.25) is 0 Å². The average molecular weight is 320 g/mol. The molecule has 5 nitrogen and oxygen atoms in total. The highest BCUT2D eigenvalue weighted by atomic mass is 35.5. The van der Waals surface area contributed by atoms with Gasteiger partial charge in [0.2, 0.25) is 0 Å². The number of aryl methyl sites for hydroxylation is 1. The van der Waals surface area contributed by atoms with Crippen LogP contribution in [0.5, 0.6) is 0 Å². The smallest absolute Gasteiger partial charge is 0.189 e. The van der Waals surface area contributed by atoms with Crippen molar-refractivity contribution in [2.45, 2.75) is 6.92 Å². The molecule has 0 saturated heterocycles. The number of nitrogen functional groups attached to an aromatic ring is 1. The molecule has 0 radical (unpaired) electrons. The quantitative estimate of drug-likeness (QED) is 0.733. The molecule has 0 aliphatic carbocycles. The van der Waals surface area contributed by atoms with Crippen LogP contribution in [0.4, 0.5) is 5.69 Å². The Hall–Kier alpha value is -2.11. The fourth-order valence-corrected chi connectivity index (χ4v) is 2.41. The molecule has 0 aliphatic heterocycles. The summed E-state index contributed by atoms with van der Waals surface area (Å²) in [6.07, 6.45) is 0. The number of benzene rings is 2. The summed E-state index contributed by atoms with van der Waals surface area (Å²) in [4.78, 5) is 0. The van der Waals surface area contributed by atoms with Crippen LogP contribution in [-0.4, -0.2) is 20.2 Å². The van der Waals surface area contributed by atoms with Crippen LogP contribution in [0, 0.1) is 6.92 Å². The van der Waals surface area contributed by atoms with E-state index in [1.54, 1.807) is 18.2 Å². The molecule has 0 spiro atoms. The Morgan fingerprint density at radius 2 is 1.95 bits per heavy atom. The SMILES string of the molecule is Cc1cccc(-c2nnnn2-c2cc(Cl)ccc2Cl)c1N. The van der Waals surface area contributed by atoms with E-state index in [9.17, 15) is 0 Å². The number of tetrazole rings is 1. The molecule has 0 atom stereocenters. The average Bonchev–Trinajstić information content (AvgIpc) is 2.93. The molecular formula is C14H11Cl2N5. The van der Waals surface area contributed by atoms with E-state index >= 15 is 0 Å². The third kappa shape index (κ3) is 2.46. The van der Waals surface area contributed by atoms with Gasteiger partial charge in [0.05, 0.1) is 10.7 Å². The molecule has 2 aromatic carbocycles. The van der Waals surface area contributed by atoms with Crippen molar-refractivity contribution in [2.75, 3.05) is 5.73 Å². The molecule has 0 amide bonds. The zero-order valence-corrected chi connectivity index (χ0v) is 12.6. The van der Waals surface area contributed by atoms with E-state index < -0.39 is 0 Å². The largest absolute Gasteiger partial charge is 0.398 e. The Labute approximate surface area is 131 Å². The lowest BCUT2D eigenvalue weighted by Crippen LogP contribution is -2.03. The highest BCUT2D eigenvalue weighted by Crippen LogP contribution is 2.30. The number of para-hydroxylation sites is 1. The first-order valence-corrected chi connectivity index (χ1v) is 6.93. The molecule has 106 valence electrons. The Kier molecular flexibility index (Phi) is 3.53. The Balaban J connectivity index is 2.22. The van der Waals surface area contributed by atoms with Crippen molar-refractivity contribution in [3.63, 3.8) is 0 Å². The topological polar surface area (TPSA) is 69.6 Å². The number of hydrogen-bond acceptors (Lipinski definition) is 4. The highest BCUT2D eigenvalue weighted by Gasteiger charge is 2.16. The summed E-state index contributed by atoms with van der Waals surface area (Å²) in [7, 11) is 0. The van der Waals surface area contributed by atoms with Gasteiger partial charge in [0, 0.05) is 16.3 Å². The van der Waals surface area contributed by atoms with Crippen molar-refractivity contribution >= 4 is 28.9 Å². The Morgan fingerprint density at radius 3 is 2.76 bits per heavy atom. The summed E-state index contributed by atoms with van der Waals surface area (Å²) < 4.78 is 1.53. The summed E-state index contributed by atoms with van der Waals surface area (Å²) in [5, 5.41) is 12.8. The maximum absolute atomic E-state index is 6.21. The van der Waals surface area contributed by atoms with Crippen LogP contribution >= 0.6 is 23.2 Å². The molecule has 0 unspecified atom stereocenters. The number of aromatic nitrogens is 4. The maximum Gasteiger partial charge on any atom is 0.189 e. The Morgan fingerprint density at radius 1 is 1.14 bits per heavy atom. The lowest BCUT2D eigenvalue weighted by atomic mass is 10.1. The van der Waals surface area contributed by atoms with Gasteiger partial charge in [0.15, 0.2) is 5.82 Å². The van der Waals surface area contributed by atoms with Gasteiger partial charge in [0.25, 0.3) is 0 Å². The predicted molar refractivity (Wildman–Crippen MR) is 83.8 cm³/mol. The predicted octanol–water partition coefficient (Wildman–Crippen LogP) is 3.53. The van der Waals surface area contributed by atoms with Crippen molar-refractivity contribution in [3.05, 3.63) is 52.0 Å². The van der Waals surface area contributed by atoms with E-state index in [1.807, 2.05) is 25.1 Å². The standard InChI is InChI=1S/C14H11Cl2N5/c1-8-3-2-4-10(13(8)17)14-18-19-20-21(14)12-7-9(15)5-6-11(12)16/h2-7H,17H2,1H3. The van der Waals surface area contributed by atoms with Gasteiger partial charge in [-0.15, -0.1) is 5.10 Å². The molecule has 21 heavy (non-hydrogen) atoms. The van der Waals surface area contributed by atoms with Gasteiger partial charge < -0.3 is 5.73 Å². The molecule has 1 aromatic heterocycles. The van der Waals surface area contributed by atoms with Crippen molar-refractivity contribution in [3.8, 4) is 17.1 Å². The number of halogens is 2. The third-order valence-electron chi connectivity index (χ3n) is 3.17. The molecule has 7 heteroatoms. The normalized spacial score (nSPS) is 10.8. The summed E-state index contributed by atoms with van der Waals surface area (Å²) >= 11 is 12.2. The molecule has 2 N–H and O–H groups in total. The molecule has 0 aliphatic rings. The van der Waals surface area contributed by atoms with Crippen LogP contribution in [0.3, 0.4) is 0 Å². The minimum Gasteiger partial charge on any atom is -0.398 e. The zero-order valence-electron chi connectivity index (χ0n) is 11.1. The summed E-state index contributed by atoms with van der Waals surface area (Å²) in [5.74, 6) is 0.514. The van der Waals surface area contributed by atoms with E-state index in [0.717, 1.165) is 11.1 Å². The van der Waals surface area contributed by atoms with Crippen molar-refractivity contribution < 1.29 is 0 Å². The van der Waals surface area contributed by atoms with E-state index in [-0.39, 0.29) is 0 Å². The van der Waals surface area contributed by atoms with Gasteiger partial charge in [-0.25, -0.2) is 0 Å². The van der Waals surface area contributed by atoms with E-state index in [4.69, 9.17) is 28.9 Å². The zero-order chi connectivity index (χ0) is 15.0. The van der Waals surface area contributed by atoms with Crippen LogP contribution in [0.15, 0.2) is 36.4 Å². The van der Waals surface area contributed by atoms with Gasteiger partial charge in [-0.05, 0) is 47.2 Å². The molecule has 3 rings (SSSR count). The monoisotopic (exact) mass is 319 g/mol. The van der Waals surface area contributed by atoms with Crippen LogP contribution in [0.25, 0.3) is 17.1 Å². The van der Waals surface area contributed by atoms with Crippen LogP contribution in [-0.2, 0) is 0 Å². The number of nitrogens with zero attached hydrogens (tertiary/aromatic N) is 4. The summed E-state index contributed by atoms with van der Waals surface area (Å²) in [5.41, 5.74) is 9.06. The lowest BCUT2D eigenvalue weighted by Gasteiger charge is -2.10. The first-order chi connectivity index (χ1) is 10.1. The van der Waals surface area contributed by atoms with Crippen molar-refractivity contribution in [1.29, 1.82) is 0 Å². The maximum atomic E-state index is 6.21. The first-order valence-electron chi connectivity index (χ1n) is 6.17. The van der Waals surface area contributed by atoms with Gasteiger partial charge in [-0.1, -0.05) is 35.3 Å². The van der Waals surface area contributed by atoms with E-state index in [0.29, 0.717) is 27.2 Å². The second kappa shape index (κ2) is 5.35. The molecule has 0 bridgehead atoms. The fourth-order valence-electron chi connectivity index (χ4n) is 2.04.